The third-order valence-electron chi connectivity index (χ3n) is 4.17. The summed E-state index contributed by atoms with van der Waals surface area (Å²) in [6.07, 6.45) is 2.26. The molecule has 1 aromatic carbocycles. The van der Waals surface area contributed by atoms with Gasteiger partial charge < -0.3 is 5.32 Å². The molecule has 0 radical (unpaired) electrons. The minimum atomic E-state index is -0.430. The molecule has 0 fully saturated rings. The molecule has 0 aliphatic carbocycles. The normalized spacial score (nSPS) is 12.2. The van der Waals surface area contributed by atoms with E-state index in [4.69, 9.17) is 0 Å². The predicted molar refractivity (Wildman–Crippen MR) is 80.8 cm³/mol. The molecule has 0 amide bonds. The lowest BCUT2D eigenvalue weighted by Gasteiger charge is -2.33. The molecule has 0 aliphatic rings. The highest BCUT2D eigenvalue weighted by Gasteiger charge is 2.28. The van der Waals surface area contributed by atoms with Crippen molar-refractivity contribution in [3.8, 4) is 0 Å². The monoisotopic (exact) mass is 283 g/mol. The van der Waals surface area contributed by atoms with Crippen molar-refractivity contribution in [1.82, 2.24) is 5.32 Å². The Morgan fingerprint density at radius 1 is 1.10 bits per heavy atom. The number of benzene rings is 1. The fourth-order valence-electron chi connectivity index (χ4n) is 2.51. The van der Waals surface area contributed by atoms with Gasteiger partial charge in [-0.1, -0.05) is 33.8 Å². The maximum absolute atomic E-state index is 13.8. The van der Waals surface area contributed by atoms with Crippen LogP contribution in [0.3, 0.4) is 0 Å². The van der Waals surface area contributed by atoms with E-state index in [0.717, 1.165) is 25.9 Å². The van der Waals surface area contributed by atoms with Crippen molar-refractivity contribution in [2.75, 3.05) is 13.1 Å². The van der Waals surface area contributed by atoms with Gasteiger partial charge in [0.1, 0.15) is 11.6 Å². The quantitative estimate of drug-likeness (QED) is 0.737. The van der Waals surface area contributed by atoms with Crippen LogP contribution >= 0.6 is 0 Å². The lowest BCUT2D eigenvalue weighted by Crippen LogP contribution is -2.37. The minimum Gasteiger partial charge on any atom is -0.316 e. The SMILES string of the molecule is CCC(CC)(CNCC(C)C)Cc1c(F)cccc1F. The molecule has 1 rings (SSSR count). The van der Waals surface area contributed by atoms with Crippen LogP contribution in [0.4, 0.5) is 8.78 Å². The van der Waals surface area contributed by atoms with E-state index < -0.39 is 11.6 Å². The van der Waals surface area contributed by atoms with E-state index in [1.54, 1.807) is 0 Å². The first-order valence-electron chi connectivity index (χ1n) is 7.57. The molecule has 0 unspecified atom stereocenters. The summed E-state index contributed by atoms with van der Waals surface area (Å²) < 4.78 is 27.7. The average Bonchev–Trinajstić information content (AvgIpc) is 2.41. The van der Waals surface area contributed by atoms with Gasteiger partial charge in [0, 0.05) is 12.1 Å². The van der Waals surface area contributed by atoms with Crippen molar-refractivity contribution < 1.29 is 8.78 Å². The average molecular weight is 283 g/mol. The Labute approximate surface area is 121 Å². The van der Waals surface area contributed by atoms with Crippen LogP contribution in [0.25, 0.3) is 0 Å². The molecule has 114 valence electrons. The largest absolute Gasteiger partial charge is 0.316 e. The Kier molecular flexibility index (Phi) is 6.60. The first-order chi connectivity index (χ1) is 9.44. The predicted octanol–water partition coefficient (Wildman–Crippen LogP) is 4.56. The zero-order valence-corrected chi connectivity index (χ0v) is 13.1. The van der Waals surface area contributed by atoms with Crippen molar-refractivity contribution in [3.05, 3.63) is 35.4 Å². The molecule has 0 aliphatic heterocycles. The molecular weight excluding hydrogens is 256 g/mol. The maximum Gasteiger partial charge on any atom is 0.129 e. The van der Waals surface area contributed by atoms with Gasteiger partial charge in [0.15, 0.2) is 0 Å². The molecular formula is C17H27F2N. The van der Waals surface area contributed by atoms with Crippen molar-refractivity contribution in [3.63, 3.8) is 0 Å². The Morgan fingerprint density at radius 3 is 2.10 bits per heavy atom. The van der Waals surface area contributed by atoms with Crippen LogP contribution in [-0.2, 0) is 6.42 Å². The third kappa shape index (κ3) is 4.55. The third-order valence-corrected chi connectivity index (χ3v) is 4.17. The highest BCUT2D eigenvalue weighted by Crippen LogP contribution is 2.32. The smallest absolute Gasteiger partial charge is 0.129 e. The molecule has 0 atom stereocenters. The summed E-state index contributed by atoms with van der Waals surface area (Å²) in [4.78, 5) is 0. The second-order valence-electron chi connectivity index (χ2n) is 6.11. The molecule has 1 nitrogen and oxygen atoms in total. The molecule has 0 saturated heterocycles. The molecule has 1 N–H and O–H groups in total. The van der Waals surface area contributed by atoms with Gasteiger partial charge >= 0.3 is 0 Å². The van der Waals surface area contributed by atoms with E-state index in [0.29, 0.717) is 12.3 Å². The zero-order valence-electron chi connectivity index (χ0n) is 13.1. The molecule has 0 bridgehead atoms. The molecule has 1 aromatic rings. The van der Waals surface area contributed by atoms with Gasteiger partial charge in [0.2, 0.25) is 0 Å². The van der Waals surface area contributed by atoms with Crippen LogP contribution < -0.4 is 5.32 Å². The molecule has 0 spiro atoms. The van der Waals surface area contributed by atoms with Gasteiger partial charge in [-0.3, -0.25) is 0 Å². The van der Waals surface area contributed by atoms with E-state index in [2.05, 4.69) is 33.0 Å². The first kappa shape index (κ1) is 17.1. The highest BCUT2D eigenvalue weighted by molar-refractivity contribution is 5.21. The summed E-state index contributed by atoms with van der Waals surface area (Å²) in [5.74, 6) is -0.285. The van der Waals surface area contributed by atoms with E-state index in [1.165, 1.54) is 18.2 Å². The van der Waals surface area contributed by atoms with Crippen molar-refractivity contribution in [2.24, 2.45) is 11.3 Å². The summed E-state index contributed by atoms with van der Waals surface area (Å²) in [6, 6.07) is 4.11. The maximum atomic E-state index is 13.8. The molecule has 3 heteroatoms. The minimum absolute atomic E-state index is 0.0854. The van der Waals surface area contributed by atoms with E-state index in [1.807, 2.05) is 0 Å². The van der Waals surface area contributed by atoms with Crippen LogP contribution in [-0.4, -0.2) is 13.1 Å². The lowest BCUT2D eigenvalue weighted by atomic mass is 9.76. The van der Waals surface area contributed by atoms with E-state index in [-0.39, 0.29) is 11.0 Å². The molecule has 20 heavy (non-hydrogen) atoms. The summed E-state index contributed by atoms with van der Waals surface area (Å²) in [5.41, 5.74) is 0.139. The molecule has 0 aromatic heterocycles. The Hall–Kier alpha value is -0.960. The Bertz CT molecular complexity index is 391. The van der Waals surface area contributed by atoms with Gasteiger partial charge in [-0.05, 0) is 49.3 Å². The van der Waals surface area contributed by atoms with Crippen molar-refractivity contribution in [2.45, 2.75) is 47.0 Å². The number of hydrogen-bond acceptors (Lipinski definition) is 1. The van der Waals surface area contributed by atoms with Crippen LogP contribution in [0.2, 0.25) is 0 Å². The van der Waals surface area contributed by atoms with E-state index in [9.17, 15) is 8.78 Å². The highest BCUT2D eigenvalue weighted by atomic mass is 19.1. The van der Waals surface area contributed by atoms with Gasteiger partial charge in [-0.2, -0.15) is 0 Å². The van der Waals surface area contributed by atoms with Crippen LogP contribution in [0, 0.1) is 23.0 Å². The first-order valence-corrected chi connectivity index (χ1v) is 7.57. The summed E-state index contributed by atoms with van der Waals surface area (Å²) in [6.45, 7) is 10.2. The van der Waals surface area contributed by atoms with Crippen LogP contribution in [0.1, 0.15) is 46.1 Å². The van der Waals surface area contributed by atoms with Crippen LogP contribution in [0.5, 0.6) is 0 Å². The summed E-state index contributed by atoms with van der Waals surface area (Å²) in [7, 11) is 0. The Morgan fingerprint density at radius 2 is 1.65 bits per heavy atom. The van der Waals surface area contributed by atoms with Gasteiger partial charge in [0.05, 0.1) is 0 Å². The number of rotatable bonds is 8. The second-order valence-corrected chi connectivity index (χ2v) is 6.11. The van der Waals surface area contributed by atoms with Crippen molar-refractivity contribution >= 4 is 0 Å². The van der Waals surface area contributed by atoms with Gasteiger partial charge in [-0.15, -0.1) is 0 Å². The van der Waals surface area contributed by atoms with Crippen LogP contribution in [0.15, 0.2) is 18.2 Å². The number of halogens is 2. The number of nitrogens with one attached hydrogen (secondary N) is 1. The molecule has 0 heterocycles. The molecule has 0 saturated carbocycles. The second kappa shape index (κ2) is 7.72. The standard InChI is InChI=1S/C17H27F2N/c1-5-17(6-2,12-20-11-13(3)4)10-14-15(18)8-7-9-16(14)19/h7-9,13,20H,5-6,10-12H2,1-4H3. The zero-order chi connectivity index (χ0) is 15.2. The fourth-order valence-corrected chi connectivity index (χ4v) is 2.51. The van der Waals surface area contributed by atoms with Gasteiger partial charge in [0.25, 0.3) is 0 Å². The Balaban J connectivity index is 2.85. The fraction of sp³-hybridized carbons (Fsp3) is 0.647. The van der Waals surface area contributed by atoms with E-state index >= 15 is 0 Å². The summed E-state index contributed by atoms with van der Waals surface area (Å²) in [5, 5.41) is 3.44. The lowest BCUT2D eigenvalue weighted by molar-refractivity contribution is 0.237. The van der Waals surface area contributed by atoms with Gasteiger partial charge in [-0.25, -0.2) is 8.78 Å². The summed E-state index contributed by atoms with van der Waals surface area (Å²) >= 11 is 0. The topological polar surface area (TPSA) is 12.0 Å². The number of hydrogen-bond donors (Lipinski definition) is 1. The van der Waals surface area contributed by atoms with Crippen molar-refractivity contribution in [1.29, 1.82) is 0 Å².